The molecule has 0 atom stereocenters. The van der Waals surface area contributed by atoms with Gasteiger partial charge in [0.05, 0.1) is 12.8 Å². The van der Waals surface area contributed by atoms with Crippen molar-refractivity contribution in [3.63, 3.8) is 0 Å². The van der Waals surface area contributed by atoms with Gasteiger partial charge in [-0.25, -0.2) is 8.42 Å². The molecule has 9 heteroatoms. The van der Waals surface area contributed by atoms with Crippen LogP contribution >= 0.6 is 0 Å². The van der Waals surface area contributed by atoms with Crippen molar-refractivity contribution in [1.29, 1.82) is 0 Å². The van der Waals surface area contributed by atoms with Crippen LogP contribution in [-0.2, 0) is 14.8 Å². The van der Waals surface area contributed by atoms with E-state index in [0.29, 0.717) is 28.4 Å². The predicted molar refractivity (Wildman–Crippen MR) is 129 cm³/mol. The summed E-state index contributed by atoms with van der Waals surface area (Å²) in [4.78, 5) is 11.4. The highest BCUT2D eigenvalue weighted by molar-refractivity contribution is 7.92. The standard InChI is InChI=1S/C24H27N3O5S/c1-14-11-15(2)23(16(3)12-14)27-33(29,30)22-13-19(7-9-20(22)31-6)8-10-21-24(25-18(5)28)17(4)26-32-21/h7-13,27H,1-6H3,(H,25,28). The van der Waals surface area contributed by atoms with E-state index in [1.54, 1.807) is 31.2 Å². The summed E-state index contributed by atoms with van der Waals surface area (Å²) >= 11 is 0. The molecule has 33 heavy (non-hydrogen) atoms. The number of rotatable bonds is 7. The Hall–Kier alpha value is -3.59. The number of nitrogens with zero attached hydrogens (tertiary/aromatic N) is 1. The Morgan fingerprint density at radius 3 is 2.30 bits per heavy atom. The molecule has 1 heterocycles. The number of ether oxygens (including phenoxy) is 1. The molecule has 2 N–H and O–H groups in total. The Labute approximate surface area is 193 Å². The zero-order valence-electron chi connectivity index (χ0n) is 19.4. The van der Waals surface area contributed by atoms with E-state index < -0.39 is 10.0 Å². The molecule has 174 valence electrons. The Morgan fingerprint density at radius 1 is 1.03 bits per heavy atom. The van der Waals surface area contributed by atoms with Crippen molar-refractivity contribution in [1.82, 2.24) is 5.16 Å². The molecule has 0 spiro atoms. The normalized spacial score (nSPS) is 11.6. The van der Waals surface area contributed by atoms with Gasteiger partial charge in [0.2, 0.25) is 5.91 Å². The van der Waals surface area contributed by atoms with Gasteiger partial charge in [-0.1, -0.05) is 35.0 Å². The van der Waals surface area contributed by atoms with Crippen LogP contribution in [0.2, 0.25) is 0 Å². The molecule has 1 aromatic heterocycles. The molecule has 0 fully saturated rings. The van der Waals surface area contributed by atoms with Gasteiger partial charge in [0, 0.05) is 6.92 Å². The first-order valence-corrected chi connectivity index (χ1v) is 11.7. The van der Waals surface area contributed by atoms with Crippen LogP contribution in [0.1, 0.15) is 40.6 Å². The molecule has 0 saturated heterocycles. The number of hydrogen-bond donors (Lipinski definition) is 2. The number of amides is 1. The van der Waals surface area contributed by atoms with E-state index >= 15 is 0 Å². The molecule has 0 bridgehead atoms. The van der Waals surface area contributed by atoms with E-state index in [2.05, 4.69) is 15.2 Å². The third-order valence-electron chi connectivity index (χ3n) is 5.01. The van der Waals surface area contributed by atoms with Crippen molar-refractivity contribution < 1.29 is 22.5 Å². The van der Waals surface area contributed by atoms with E-state index in [4.69, 9.17) is 9.26 Å². The first-order chi connectivity index (χ1) is 15.5. The Morgan fingerprint density at radius 2 is 1.70 bits per heavy atom. The second-order valence-corrected chi connectivity index (χ2v) is 9.46. The van der Waals surface area contributed by atoms with E-state index in [-0.39, 0.29) is 16.6 Å². The van der Waals surface area contributed by atoms with Crippen molar-refractivity contribution in [2.24, 2.45) is 0 Å². The molecule has 0 saturated carbocycles. The van der Waals surface area contributed by atoms with Gasteiger partial charge in [-0.2, -0.15) is 0 Å². The van der Waals surface area contributed by atoms with Crippen LogP contribution in [0.3, 0.4) is 0 Å². The van der Waals surface area contributed by atoms with Crippen molar-refractivity contribution in [3.05, 3.63) is 64.0 Å². The Balaban J connectivity index is 1.98. The molecule has 0 aliphatic rings. The summed E-state index contributed by atoms with van der Waals surface area (Å²) in [6.45, 7) is 8.79. The van der Waals surface area contributed by atoms with Crippen LogP contribution in [0.25, 0.3) is 12.2 Å². The minimum Gasteiger partial charge on any atom is -0.495 e. The van der Waals surface area contributed by atoms with E-state index in [1.165, 1.54) is 20.1 Å². The second kappa shape index (κ2) is 9.50. The van der Waals surface area contributed by atoms with E-state index in [1.807, 2.05) is 32.9 Å². The molecule has 3 rings (SSSR count). The summed E-state index contributed by atoms with van der Waals surface area (Å²) in [6.07, 6.45) is 3.29. The minimum absolute atomic E-state index is 0.00219. The molecule has 2 aromatic carbocycles. The number of aryl methyl sites for hydroxylation is 4. The number of hydrogen-bond acceptors (Lipinski definition) is 6. The van der Waals surface area contributed by atoms with Crippen LogP contribution < -0.4 is 14.8 Å². The largest absolute Gasteiger partial charge is 0.495 e. The number of anilines is 2. The second-order valence-electron chi connectivity index (χ2n) is 7.81. The van der Waals surface area contributed by atoms with Crippen LogP contribution in [0.15, 0.2) is 39.8 Å². The molecular formula is C24H27N3O5S. The summed E-state index contributed by atoms with van der Waals surface area (Å²) in [5.74, 6) is 0.324. The van der Waals surface area contributed by atoms with Gasteiger partial charge in [-0.3, -0.25) is 9.52 Å². The maximum absolute atomic E-state index is 13.3. The van der Waals surface area contributed by atoms with Gasteiger partial charge < -0.3 is 14.6 Å². The first kappa shape index (κ1) is 24.1. The first-order valence-electron chi connectivity index (χ1n) is 10.2. The molecule has 3 aromatic rings. The van der Waals surface area contributed by atoms with Crippen molar-refractivity contribution in [2.75, 3.05) is 17.1 Å². The highest BCUT2D eigenvalue weighted by Crippen LogP contribution is 2.31. The quantitative estimate of drug-likeness (QED) is 0.512. The summed E-state index contributed by atoms with van der Waals surface area (Å²) in [5, 5.41) is 6.55. The number of sulfonamides is 1. The smallest absolute Gasteiger partial charge is 0.265 e. The zero-order chi connectivity index (χ0) is 24.3. The summed E-state index contributed by atoms with van der Waals surface area (Å²) in [7, 11) is -2.52. The lowest BCUT2D eigenvalue weighted by Gasteiger charge is -2.16. The van der Waals surface area contributed by atoms with Crippen LogP contribution in [0.5, 0.6) is 5.75 Å². The molecule has 0 aliphatic carbocycles. The lowest BCUT2D eigenvalue weighted by atomic mass is 10.1. The number of aromatic nitrogens is 1. The van der Waals surface area contributed by atoms with Crippen LogP contribution in [-0.4, -0.2) is 26.6 Å². The summed E-state index contributed by atoms with van der Waals surface area (Å²) in [6, 6.07) is 8.67. The fraction of sp³-hybridized carbons (Fsp3) is 0.250. The number of carbonyl (C=O) groups excluding carboxylic acids is 1. The van der Waals surface area contributed by atoms with Crippen molar-refractivity contribution >= 4 is 39.5 Å². The van der Waals surface area contributed by atoms with Gasteiger partial charge in [0.1, 0.15) is 22.0 Å². The van der Waals surface area contributed by atoms with Crippen LogP contribution in [0.4, 0.5) is 11.4 Å². The van der Waals surface area contributed by atoms with Gasteiger partial charge in [0.15, 0.2) is 5.76 Å². The summed E-state index contributed by atoms with van der Waals surface area (Å²) in [5.41, 5.74) is 4.86. The van der Waals surface area contributed by atoms with Gasteiger partial charge in [0.25, 0.3) is 10.0 Å². The Kier molecular flexibility index (Phi) is 6.92. The fourth-order valence-corrected chi connectivity index (χ4v) is 4.95. The highest BCUT2D eigenvalue weighted by atomic mass is 32.2. The lowest BCUT2D eigenvalue weighted by molar-refractivity contribution is -0.114. The van der Waals surface area contributed by atoms with Gasteiger partial charge >= 0.3 is 0 Å². The third-order valence-corrected chi connectivity index (χ3v) is 6.38. The number of carbonyl (C=O) groups is 1. The number of nitrogens with one attached hydrogen (secondary N) is 2. The van der Waals surface area contributed by atoms with Gasteiger partial charge in [-0.15, -0.1) is 0 Å². The molecule has 0 aliphatic heterocycles. The maximum Gasteiger partial charge on any atom is 0.265 e. The highest BCUT2D eigenvalue weighted by Gasteiger charge is 2.22. The lowest BCUT2D eigenvalue weighted by Crippen LogP contribution is -2.16. The molecular weight excluding hydrogens is 442 g/mol. The average molecular weight is 470 g/mol. The molecule has 0 unspecified atom stereocenters. The van der Waals surface area contributed by atoms with Crippen molar-refractivity contribution in [3.8, 4) is 5.75 Å². The Bertz CT molecular complexity index is 1320. The number of methoxy groups -OCH3 is 1. The molecule has 1 amide bonds. The maximum atomic E-state index is 13.3. The van der Waals surface area contributed by atoms with Crippen molar-refractivity contribution in [2.45, 2.75) is 39.5 Å². The molecule has 8 nitrogen and oxygen atoms in total. The SMILES string of the molecule is COc1ccc(C=Cc2onc(C)c2NC(C)=O)cc1S(=O)(=O)Nc1c(C)cc(C)cc1C. The topological polar surface area (TPSA) is 111 Å². The monoisotopic (exact) mass is 469 g/mol. The zero-order valence-corrected chi connectivity index (χ0v) is 20.3. The average Bonchev–Trinajstić information content (AvgIpc) is 3.08. The fourth-order valence-electron chi connectivity index (χ4n) is 3.54. The van der Waals surface area contributed by atoms with Gasteiger partial charge in [-0.05, 0) is 62.6 Å². The van der Waals surface area contributed by atoms with E-state index in [9.17, 15) is 13.2 Å². The predicted octanol–water partition coefficient (Wildman–Crippen LogP) is 4.85. The van der Waals surface area contributed by atoms with Crippen LogP contribution in [0, 0.1) is 27.7 Å². The third kappa shape index (κ3) is 5.43. The molecule has 0 radical (unpaired) electrons. The number of benzene rings is 2. The van der Waals surface area contributed by atoms with E-state index in [0.717, 1.165) is 16.7 Å². The summed E-state index contributed by atoms with van der Waals surface area (Å²) < 4.78 is 39.9. The minimum atomic E-state index is -3.94.